The number of carbonyl (C=O) groups is 1. The largest absolute Gasteiger partial charge is 0.505 e. The van der Waals surface area contributed by atoms with Crippen LogP contribution in [-0.2, 0) is 11.2 Å². The molecule has 0 aliphatic heterocycles. The Morgan fingerprint density at radius 1 is 1.62 bits per heavy atom. The lowest BCUT2D eigenvalue weighted by atomic mass is 10.1. The van der Waals surface area contributed by atoms with Crippen molar-refractivity contribution in [3.8, 4) is 11.5 Å². The van der Waals surface area contributed by atoms with Gasteiger partial charge < -0.3 is 14.9 Å². The molecular weight excluding hydrogens is 239 g/mol. The number of carboxylic acids is 1. The van der Waals surface area contributed by atoms with Crippen LogP contribution in [0.15, 0.2) is 6.07 Å². The van der Waals surface area contributed by atoms with Crippen LogP contribution < -0.4 is 4.74 Å². The second-order valence-electron chi connectivity index (χ2n) is 3.11. The first kappa shape index (κ1) is 12.6. The molecule has 2 N–H and O–H groups in total. The van der Waals surface area contributed by atoms with E-state index in [9.17, 15) is 14.3 Å². The van der Waals surface area contributed by atoms with Gasteiger partial charge in [0, 0.05) is 6.42 Å². The fraction of sp³-hybridized carbons (Fsp3) is 0.300. The zero-order valence-electron chi connectivity index (χ0n) is 8.46. The van der Waals surface area contributed by atoms with Crippen LogP contribution in [0, 0.1) is 5.82 Å². The van der Waals surface area contributed by atoms with Crippen molar-refractivity contribution >= 4 is 17.6 Å². The first-order valence-corrected chi connectivity index (χ1v) is 4.80. The van der Waals surface area contributed by atoms with Crippen LogP contribution in [0.1, 0.15) is 12.0 Å². The van der Waals surface area contributed by atoms with Gasteiger partial charge in [0.05, 0.1) is 12.1 Å². The fourth-order valence-electron chi connectivity index (χ4n) is 1.26. The number of carboxylic acid groups (broad SMARTS) is 1. The minimum absolute atomic E-state index is 0.00168. The van der Waals surface area contributed by atoms with Crippen LogP contribution >= 0.6 is 11.6 Å². The first-order chi connectivity index (χ1) is 7.47. The SMILES string of the molecule is COc1c(Cl)cc(CCC(=O)O)c(O)c1F. The number of halogens is 2. The van der Waals surface area contributed by atoms with E-state index in [1.54, 1.807) is 0 Å². The van der Waals surface area contributed by atoms with Gasteiger partial charge in [-0.05, 0) is 18.1 Å². The number of rotatable bonds is 4. The molecule has 1 rings (SSSR count). The Hall–Kier alpha value is -1.49. The van der Waals surface area contributed by atoms with Crippen molar-refractivity contribution in [1.29, 1.82) is 0 Å². The number of phenolic OH excluding ortho intramolecular Hbond substituents is 1. The van der Waals surface area contributed by atoms with Gasteiger partial charge in [0.25, 0.3) is 0 Å². The van der Waals surface area contributed by atoms with Crippen LogP contribution in [-0.4, -0.2) is 23.3 Å². The van der Waals surface area contributed by atoms with Gasteiger partial charge in [-0.15, -0.1) is 0 Å². The van der Waals surface area contributed by atoms with Gasteiger partial charge in [-0.1, -0.05) is 11.6 Å². The molecule has 4 nitrogen and oxygen atoms in total. The van der Waals surface area contributed by atoms with Crippen molar-refractivity contribution in [2.24, 2.45) is 0 Å². The molecule has 0 saturated carbocycles. The van der Waals surface area contributed by atoms with Crippen LogP contribution in [0.3, 0.4) is 0 Å². The van der Waals surface area contributed by atoms with Gasteiger partial charge in [0.15, 0.2) is 11.5 Å². The van der Waals surface area contributed by atoms with Crippen LogP contribution in [0.4, 0.5) is 4.39 Å². The molecule has 0 bridgehead atoms. The van der Waals surface area contributed by atoms with E-state index in [0.717, 1.165) is 0 Å². The Labute approximate surface area is 96.2 Å². The molecule has 0 aliphatic rings. The number of hydrogen-bond acceptors (Lipinski definition) is 3. The summed E-state index contributed by atoms with van der Waals surface area (Å²) in [4.78, 5) is 10.3. The minimum atomic E-state index is -1.04. The first-order valence-electron chi connectivity index (χ1n) is 4.43. The van der Waals surface area contributed by atoms with E-state index in [4.69, 9.17) is 16.7 Å². The van der Waals surface area contributed by atoms with Crippen molar-refractivity contribution in [2.45, 2.75) is 12.8 Å². The lowest BCUT2D eigenvalue weighted by Crippen LogP contribution is -2.00. The second kappa shape index (κ2) is 5.03. The summed E-state index contributed by atoms with van der Waals surface area (Å²) in [7, 11) is 1.22. The summed E-state index contributed by atoms with van der Waals surface area (Å²) in [6.07, 6.45) is -0.211. The van der Waals surface area contributed by atoms with Crippen molar-refractivity contribution < 1.29 is 24.1 Å². The Morgan fingerprint density at radius 3 is 2.75 bits per heavy atom. The van der Waals surface area contributed by atoms with E-state index in [-0.39, 0.29) is 29.2 Å². The molecule has 0 fully saturated rings. The van der Waals surface area contributed by atoms with Gasteiger partial charge in [-0.2, -0.15) is 4.39 Å². The molecule has 0 radical (unpaired) electrons. The number of aryl methyl sites for hydroxylation is 1. The summed E-state index contributed by atoms with van der Waals surface area (Å²) in [5.41, 5.74) is 0.144. The predicted octanol–water partition coefficient (Wildman–Crippen LogP) is 2.21. The highest BCUT2D eigenvalue weighted by molar-refractivity contribution is 6.32. The molecule has 0 saturated heterocycles. The zero-order chi connectivity index (χ0) is 12.3. The molecule has 0 aliphatic carbocycles. The fourth-order valence-corrected chi connectivity index (χ4v) is 1.55. The Balaban J connectivity index is 3.08. The molecule has 0 amide bonds. The number of aromatic hydroxyl groups is 1. The number of phenols is 1. The summed E-state index contributed by atoms with van der Waals surface area (Å²) in [6, 6.07) is 1.29. The van der Waals surface area contributed by atoms with Gasteiger partial charge >= 0.3 is 5.97 Å². The molecule has 88 valence electrons. The van der Waals surface area contributed by atoms with Crippen molar-refractivity contribution in [2.75, 3.05) is 7.11 Å². The van der Waals surface area contributed by atoms with E-state index in [1.165, 1.54) is 13.2 Å². The van der Waals surface area contributed by atoms with E-state index in [0.29, 0.717) is 0 Å². The van der Waals surface area contributed by atoms with Crippen LogP contribution in [0.5, 0.6) is 11.5 Å². The number of ether oxygens (including phenoxy) is 1. The summed E-state index contributed by atoms with van der Waals surface area (Å²) in [5, 5.41) is 17.9. The standard InChI is InChI=1S/C10H10ClFO4/c1-16-10-6(11)4-5(2-3-7(13)14)9(15)8(10)12/h4,15H,2-3H2,1H3,(H,13,14). The van der Waals surface area contributed by atoms with Crippen molar-refractivity contribution in [3.63, 3.8) is 0 Å². The summed E-state index contributed by atoms with van der Waals surface area (Å²) in [6.45, 7) is 0. The topological polar surface area (TPSA) is 66.8 Å². The summed E-state index contributed by atoms with van der Waals surface area (Å²) >= 11 is 5.70. The smallest absolute Gasteiger partial charge is 0.303 e. The third kappa shape index (κ3) is 2.55. The Bertz CT molecular complexity index is 420. The van der Waals surface area contributed by atoms with Crippen molar-refractivity contribution in [3.05, 3.63) is 22.5 Å². The van der Waals surface area contributed by atoms with Gasteiger partial charge in [-0.25, -0.2) is 0 Å². The second-order valence-corrected chi connectivity index (χ2v) is 3.51. The number of benzene rings is 1. The van der Waals surface area contributed by atoms with Gasteiger partial charge in [0.2, 0.25) is 5.82 Å². The number of aliphatic carboxylic acids is 1. The molecule has 6 heteroatoms. The van der Waals surface area contributed by atoms with E-state index in [2.05, 4.69) is 4.74 Å². The molecule has 16 heavy (non-hydrogen) atoms. The van der Waals surface area contributed by atoms with E-state index < -0.39 is 17.5 Å². The minimum Gasteiger partial charge on any atom is -0.505 e. The highest BCUT2D eigenvalue weighted by Crippen LogP contribution is 2.36. The molecule has 0 unspecified atom stereocenters. The van der Waals surface area contributed by atoms with E-state index in [1.807, 2.05) is 0 Å². The maximum absolute atomic E-state index is 13.4. The molecule has 0 atom stereocenters. The summed E-state index contributed by atoms with van der Waals surface area (Å²) < 4.78 is 18.1. The number of methoxy groups -OCH3 is 1. The molecule has 0 aromatic heterocycles. The zero-order valence-corrected chi connectivity index (χ0v) is 9.21. The Morgan fingerprint density at radius 2 is 2.25 bits per heavy atom. The molecule has 1 aromatic carbocycles. The van der Waals surface area contributed by atoms with Crippen LogP contribution in [0.2, 0.25) is 5.02 Å². The monoisotopic (exact) mass is 248 g/mol. The maximum atomic E-state index is 13.4. The predicted molar refractivity (Wildman–Crippen MR) is 55.6 cm³/mol. The summed E-state index contributed by atoms with van der Waals surface area (Å²) in [5.74, 6) is -2.89. The lowest BCUT2D eigenvalue weighted by molar-refractivity contribution is -0.136. The third-order valence-corrected chi connectivity index (χ3v) is 2.32. The lowest BCUT2D eigenvalue weighted by Gasteiger charge is -2.10. The number of hydrogen-bond donors (Lipinski definition) is 2. The normalized spacial score (nSPS) is 10.2. The Kier molecular flexibility index (Phi) is 3.95. The average Bonchev–Trinajstić information content (AvgIpc) is 2.22. The van der Waals surface area contributed by atoms with Gasteiger partial charge in [-0.3, -0.25) is 4.79 Å². The molecule has 1 aromatic rings. The molecular formula is C10H10ClFO4. The molecule has 0 heterocycles. The average molecular weight is 249 g/mol. The van der Waals surface area contributed by atoms with Crippen molar-refractivity contribution in [1.82, 2.24) is 0 Å². The highest BCUT2D eigenvalue weighted by atomic mass is 35.5. The van der Waals surface area contributed by atoms with Crippen LogP contribution in [0.25, 0.3) is 0 Å². The highest BCUT2D eigenvalue weighted by Gasteiger charge is 2.17. The third-order valence-electron chi connectivity index (χ3n) is 2.04. The van der Waals surface area contributed by atoms with E-state index >= 15 is 0 Å². The maximum Gasteiger partial charge on any atom is 0.303 e. The quantitative estimate of drug-likeness (QED) is 0.857. The molecule has 0 spiro atoms. The van der Waals surface area contributed by atoms with Gasteiger partial charge in [0.1, 0.15) is 0 Å².